The molecule has 1 aliphatic heterocycles. The summed E-state index contributed by atoms with van der Waals surface area (Å²) in [6.07, 6.45) is -0.686. The number of rotatable bonds is 4. The summed E-state index contributed by atoms with van der Waals surface area (Å²) in [5.74, 6) is -1.49. The molecule has 2 rings (SSSR count). The smallest absolute Gasteiger partial charge is 0.313 e. The van der Waals surface area contributed by atoms with Gasteiger partial charge in [-0.3, -0.25) is 9.59 Å². The van der Waals surface area contributed by atoms with Gasteiger partial charge in [0.2, 0.25) is 0 Å². The molecule has 0 spiro atoms. The number of likely N-dealkylation sites (N-methyl/N-ethyl adjacent to an activating group) is 1. The van der Waals surface area contributed by atoms with Gasteiger partial charge in [-0.05, 0) is 38.2 Å². The molecule has 0 radical (unpaired) electrons. The lowest BCUT2D eigenvalue weighted by molar-refractivity contribution is -0.136. The van der Waals surface area contributed by atoms with Crippen LogP contribution < -0.4 is 15.5 Å². The number of amides is 2. The maximum Gasteiger partial charge on any atom is 0.313 e. The Hall–Kier alpha value is -2.12. The molecule has 0 saturated carbocycles. The van der Waals surface area contributed by atoms with Crippen LogP contribution in [0.2, 0.25) is 0 Å². The van der Waals surface area contributed by atoms with E-state index in [4.69, 9.17) is 5.11 Å². The number of nitrogens with zero attached hydrogens (tertiary/aromatic N) is 2. The van der Waals surface area contributed by atoms with Gasteiger partial charge < -0.3 is 25.5 Å². The number of aliphatic hydroxyl groups is 1. The summed E-state index contributed by atoms with van der Waals surface area (Å²) < 4.78 is 0. The van der Waals surface area contributed by atoms with E-state index in [-0.39, 0.29) is 6.54 Å². The molecule has 0 aromatic heterocycles. The van der Waals surface area contributed by atoms with Crippen molar-refractivity contribution in [1.29, 1.82) is 0 Å². The van der Waals surface area contributed by atoms with Gasteiger partial charge in [-0.25, -0.2) is 0 Å². The Morgan fingerprint density at radius 1 is 1.13 bits per heavy atom. The molecule has 2 amide bonds. The molecule has 1 aliphatic rings. The van der Waals surface area contributed by atoms with Crippen LogP contribution in [0.25, 0.3) is 0 Å². The van der Waals surface area contributed by atoms with Crippen LogP contribution in [0.15, 0.2) is 24.3 Å². The first-order chi connectivity index (χ1) is 11.0. The van der Waals surface area contributed by atoms with E-state index in [0.29, 0.717) is 5.69 Å². The highest BCUT2D eigenvalue weighted by Crippen LogP contribution is 2.19. The lowest BCUT2D eigenvalue weighted by Gasteiger charge is -2.34. The average Bonchev–Trinajstić information content (AvgIpc) is 2.54. The predicted octanol–water partition coefficient (Wildman–Crippen LogP) is -0.126. The molecule has 1 atom stereocenters. The van der Waals surface area contributed by atoms with Crippen LogP contribution in [0.1, 0.15) is 6.92 Å². The predicted molar refractivity (Wildman–Crippen MR) is 89.5 cm³/mol. The fourth-order valence-electron chi connectivity index (χ4n) is 2.33. The third kappa shape index (κ3) is 5.22. The Bertz CT molecular complexity index is 537. The molecule has 0 bridgehead atoms. The normalized spacial score (nSPS) is 16.7. The molecule has 1 unspecified atom stereocenters. The molecule has 23 heavy (non-hydrogen) atoms. The molecule has 126 valence electrons. The molecule has 1 heterocycles. The van der Waals surface area contributed by atoms with E-state index in [1.807, 2.05) is 12.1 Å². The Kier molecular flexibility index (Phi) is 5.95. The summed E-state index contributed by atoms with van der Waals surface area (Å²) in [6, 6.07) is 7.45. The topological polar surface area (TPSA) is 84.9 Å². The van der Waals surface area contributed by atoms with E-state index in [2.05, 4.69) is 27.5 Å². The minimum Gasteiger partial charge on any atom is -0.392 e. The number of benzene rings is 1. The van der Waals surface area contributed by atoms with E-state index in [9.17, 15) is 9.59 Å². The van der Waals surface area contributed by atoms with Crippen LogP contribution in [-0.4, -0.2) is 67.7 Å². The fourth-order valence-corrected chi connectivity index (χ4v) is 2.33. The Morgan fingerprint density at radius 3 is 2.30 bits per heavy atom. The fraction of sp³-hybridized carbons (Fsp3) is 0.500. The first-order valence-corrected chi connectivity index (χ1v) is 7.76. The number of carbonyl (C=O) groups excluding carboxylic acids is 2. The van der Waals surface area contributed by atoms with Crippen molar-refractivity contribution in [1.82, 2.24) is 10.2 Å². The lowest BCUT2D eigenvalue weighted by atomic mass is 10.2. The van der Waals surface area contributed by atoms with Crippen molar-refractivity contribution in [2.45, 2.75) is 13.0 Å². The van der Waals surface area contributed by atoms with Crippen LogP contribution >= 0.6 is 0 Å². The molecule has 1 aromatic rings. The summed E-state index contributed by atoms with van der Waals surface area (Å²) in [4.78, 5) is 27.9. The van der Waals surface area contributed by atoms with Gasteiger partial charge in [-0.15, -0.1) is 0 Å². The molecule has 1 saturated heterocycles. The highest BCUT2D eigenvalue weighted by molar-refractivity contribution is 6.39. The second-order valence-corrected chi connectivity index (χ2v) is 5.85. The van der Waals surface area contributed by atoms with Crippen molar-refractivity contribution < 1.29 is 14.7 Å². The number of hydrogen-bond donors (Lipinski definition) is 3. The van der Waals surface area contributed by atoms with Crippen LogP contribution in [0.4, 0.5) is 11.4 Å². The molecule has 0 aliphatic carbocycles. The minimum atomic E-state index is -0.756. The molecule has 1 aromatic carbocycles. The third-order valence-electron chi connectivity index (χ3n) is 3.76. The first kappa shape index (κ1) is 17.2. The number of aliphatic hydroxyl groups excluding tert-OH is 1. The van der Waals surface area contributed by atoms with Gasteiger partial charge in [0.05, 0.1) is 6.10 Å². The number of piperazine rings is 1. The zero-order chi connectivity index (χ0) is 16.8. The van der Waals surface area contributed by atoms with Crippen molar-refractivity contribution in [3.05, 3.63) is 24.3 Å². The van der Waals surface area contributed by atoms with Crippen molar-refractivity contribution >= 4 is 23.2 Å². The minimum absolute atomic E-state index is 0.0502. The van der Waals surface area contributed by atoms with E-state index in [0.717, 1.165) is 31.9 Å². The molecular formula is C16H24N4O3. The maximum absolute atomic E-state index is 11.7. The monoisotopic (exact) mass is 320 g/mol. The average molecular weight is 320 g/mol. The zero-order valence-corrected chi connectivity index (χ0v) is 13.6. The van der Waals surface area contributed by atoms with Gasteiger partial charge in [0.25, 0.3) is 0 Å². The highest BCUT2D eigenvalue weighted by Gasteiger charge is 2.16. The first-order valence-electron chi connectivity index (χ1n) is 7.76. The standard InChI is InChI=1S/C16H24N4O3/c1-12(21)11-17-15(22)16(23)18-13-3-5-14(6-4-13)20-9-7-19(2)8-10-20/h3-6,12,21H,7-11H2,1-2H3,(H,17,22)(H,18,23). The molecule has 1 fully saturated rings. The molecule has 7 nitrogen and oxygen atoms in total. The lowest BCUT2D eigenvalue weighted by Crippen LogP contribution is -2.44. The zero-order valence-electron chi connectivity index (χ0n) is 13.6. The summed E-state index contributed by atoms with van der Waals surface area (Å²) in [7, 11) is 2.11. The number of nitrogens with one attached hydrogen (secondary N) is 2. The SMILES string of the molecule is CC(O)CNC(=O)C(=O)Nc1ccc(N2CCN(C)CC2)cc1. The van der Waals surface area contributed by atoms with Gasteiger partial charge in [0.15, 0.2) is 0 Å². The van der Waals surface area contributed by atoms with E-state index >= 15 is 0 Å². The van der Waals surface area contributed by atoms with Crippen molar-refractivity contribution in [2.24, 2.45) is 0 Å². The summed E-state index contributed by atoms with van der Waals surface area (Å²) in [5.41, 5.74) is 1.68. The van der Waals surface area contributed by atoms with Crippen molar-refractivity contribution in [3.8, 4) is 0 Å². The Labute approximate surface area is 136 Å². The highest BCUT2D eigenvalue weighted by atomic mass is 16.3. The molecular weight excluding hydrogens is 296 g/mol. The van der Waals surface area contributed by atoms with Gasteiger partial charge in [0.1, 0.15) is 0 Å². The van der Waals surface area contributed by atoms with E-state index in [1.54, 1.807) is 12.1 Å². The number of carbonyl (C=O) groups is 2. The number of hydrogen-bond acceptors (Lipinski definition) is 5. The summed E-state index contributed by atoms with van der Waals surface area (Å²) in [5, 5.41) is 14.0. The van der Waals surface area contributed by atoms with Crippen LogP contribution in [0.5, 0.6) is 0 Å². The number of anilines is 2. The van der Waals surface area contributed by atoms with Gasteiger partial charge in [-0.2, -0.15) is 0 Å². The maximum atomic E-state index is 11.7. The Morgan fingerprint density at radius 2 is 1.74 bits per heavy atom. The van der Waals surface area contributed by atoms with E-state index < -0.39 is 17.9 Å². The summed E-state index contributed by atoms with van der Waals surface area (Å²) in [6.45, 7) is 5.60. The summed E-state index contributed by atoms with van der Waals surface area (Å²) >= 11 is 0. The van der Waals surface area contributed by atoms with Crippen LogP contribution in [-0.2, 0) is 9.59 Å². The third-order valence-corrected chi connectivity index (χ3v) is 3.76. The van der Waals surface area contributed by atoms with Crippen LogP contribution in [0, 0.1) is 0 Å². The van der Waals surface area contributed by atoms with Gasteiger partial charge >= 0.3 is 11.8 Å². The van der Waals surface area contributed by atoms with Gasteiger partial charge in [-0.1, -0.05) is 0 Å². The van der Waals surface area contributed by atoms with Gasteiger partial charge in [0, 0.05) is 44.1 Å². The van der Waals surface area contributed by atoms with Crippen molar-refractivity contribution in [2.75, 3.05) is 50.0 Å². The van der Waals surface area contributed by atoms with E-state index in [1.165, 1.54) is 6.92 Å². The second-order valence-electron chi connectivity index (χ2n) is 5.85. The van der Waals surface area contributed by atoms with Crippen molar-refractivity contribution in [3.63, 3.8) is 0 Å². The quantitative estimate of drug-likeness (QED) is 0.673. The molecule has 7 heteroatoms. The van der Waals surface area contributed by atoms with Crippen LogP contribution in [0.3, 0.4) is 0 Å². The largest absolute Gasteiger partial charge is 0.392 e. The molecule has 3 N–H and O–H groups in total. The second kappa shape index (κ2) is 7.94. The Balaban J connectivity index is 1.87.